The van der Waals surface area contributed by atoms with Crippen molar-refractivity contribution in [2.75, 3.05) is 9.80 Å². The summed E-state index contributed by atoms with van der Waals surface area (Å²) in [4.78, 5) is 4.61. The number of nitrogens with zero attached hydrogens (tertiary/aromatic N) is 2. The average Bonchev–Trinajstić information content (AvgIpc) is 3.59. The van der Waals surface area contributed by atoms with Gasteiger partial charge in [-0.1, -0.05) is 152 Å². The minimum atomic E-state index is -0.496. The quantitative estimate of drug-likeness (QED) is 0.162. The molecule has 0 bridgehead atoms. The number of anilines is 6. The molecule has 3 heteroatoms. The molecule has 1 aliphatic heterocycles. The summed E-state index contributed by atoms with van der Waals surface area (Å²) in [6.07, 6.45) is 0. The summed E-state index contributed by atoms with van der Waals surface area (Å²) in [5.41, 5.74) is 15.8. The van der Waals surface area contributed by atoms with E-state index in [1.54, 1.807) is 0 Å². The molecule has 58 heavy (non-hydrogen) atoms. The van der Waals surface area contributed by atoms with Crippen molar-refractivity contribution in [1.82, 2.24) is 0 Å². The van der Waals surface area contributed by atoms with E-state index in [1.807, 2.05) is 0 Å². The molecule has 274 valence electrons. The topological polar surface area (TPSA) is 15.7 Å². The SMILES string of the molecule is c1ccc(N(c2ccccc2)c2ccc(-c3ccc(N(c4ccccc4)c4ccc5c(c4)Oc4ccccc4C54c5ccccc5-c5ccccc54)cc3)cc2)cc1. The lowest BCUT2D eigenvalue weighted by atomic mass is 9.66. The number of benzene rings is 9. The fourth-order valence-electron chi connectivity index (χ4n) is 9.22. The molecule has 1 heterocycles. The van der Waals surface area contributed by atoms with E-state index < -0.39 is 5.41 Å². The van der Waals surface area contributed by atoms with Crippen molar-refractivity contribution in [3.8, 4) is 33.8 Å². The Balaban J connectivity index is 0.981. The maximum absolute atomic E-state index is 6.89. The third kappa shape index (κ3) is 5.36. The Morgan fingerprint density at radius 3 is 1.14 bits per heavy atom. The first-order valence-electron chi connectivity index (χ1n) is 19.8. The minimum absolute atomic E-state index is 0.496. The second-order valence-electron chi connectivity index (χ2n) is 14.9. The zero-order valence-electron chi connectivity index (χ0n) is 31.7. The molecule has 1 spiro atoms. The maximum atomic E-state index is 6.89. The van der Waals surface area contributed by atoms with Gasteiger partial charge in [0.05, 0.1) is 5.41 Å². The van der Waals surface area contributed by atoms with Crippen LogP contribution in [0.5, 0.6) is 11.5 Å². The molecule has 0 unspecified atom stereocenters. The fraction of sp³-hybridized carbons (Fsp3) is 0.0182. The Morgan fingerprint density at radius 2 is 0.638 bits per heavy atom. The van der Waals surface area contributed by atoms with Crippen LogP contribution >= 0.6 is 0 Å². The smallest absolute Gasteiger partial charge is 0.134 e. The molecule has 0 saturated heterocycles. The summed E-state index contributed by atoms with van der Waals surface area (Å²) >= 11 is 0. The first-order chi connectivity index (χ1) is 28.8. The van der Waals surface area contributed by atoms with E-state index in [9.17, 15) is 0 Å². The van der Waals surface area contributed by atoms with Gasteiger partial charge in [0.15, 0.2) is 0 Å². The molecule has 1 aliphatic carbocycles. The van der Waals surface area contributed by atoms with Crippen molar-refractivity contribution < 1.29 is 4.74 Å². The van der Waals surface area contributed by atoms with Gasteiger partial charge in [0.25, 0.3) is 0 Å². The Morgan fingerprint density at radius 1 is 0.276 bits per heavy atom. The maximum Gasteiger partial charge on any atom is 0.134 e. The van der Waals surface area contributed by atoms with E-state index in [1.165, 1.54) is 27.8 Å². The second kappa shape index (κ2) is 13.8. The molecular formula is C55H38N2O. The van der Waals surface area contributed by atoms with Gasteiger partial charge in [-0.15, -0.1) is 0 Å². The van der Waals surface area contributed by atoms with Crippen LogP contribution in [-0.2, 0) is 5.41 Å². The summed E-state index contributed by atoms with van der Waals surface area (Å²) in [7, 11) is 0. The monoisotopic (exact) mass is 742 g/mol. The fourth-order valence-corrected chi connectivity index (χ4v) is 9.22. The lowest BCUT2D eigenvalue weighted by Crippen LogP contribution is -2.32. The third-order valence-electron chi connectivity index (χ3n) is 11.7. The molecule has 0 N–H and O–H groups in total. The van der Waals surface area contributed by atoms with Crippen LogP contribution in [0.25, 0.3) is 22.3 Å². The highest BCUT2D eigenvalue weighted by atomic mass is 16.5. The van der Waals surface area contributed by atoms with Crippen LogP contribution in [0.15, 0.2) is 231 Å². The lowest BCUT2D eigenvalue weighted by molar-refractivity contribution is 0.436. The van der Waals surface area contributed by atoms with Crippen molar-refractivity contribution in [3.63, 3.8) is 0 Å². The van der Waals surface area contributed by atoms with E-state index in [0.717, 1.165) is 62.3 Å². The molecule has 0 radical (unpaired) electrons. The van der Waals surface area contributed by atoms with Crippen LogP contribution in [0.2, 0.25) is 0 Å². The van der Waals surface area contributed by atoms with Gasteiger partial charge in [0.2, 0.25) is 0 Å². The van der Waals surface area contributed by atoms with Crippen LogP contribution in [0.3, 0.4) is 0 Å². The normalized spacial score (nSPS) is 12.8. The summed E-state index contributed by atoms with van der Waals surface area (Å²) in [6.45, 7) is 0. The number of ether oxygens (including phenoxy) is 1. The third-order valence-corrected chi connectivity index (χ3v) is 11.7. The predicted octanol–water partition coefficient (Wildman–Crippen LogP) is 14.8. The molecule has 0 fully saturated rings. The van der Waals surface area contributed by atoms with E-state index >= 15 is 0 Å². The number of rotatable bonds is 7. The Labute approximate surface area is 339 Å². The summed E-state index contributed by atoms with van der Waals surface area (Å²) in [5.74, 6) is 1.75. The summed E-state index contributed by atoms with van der Waals surface area (Å²) in [6, 6.07) is 82.4. The number of para-hydroxylation sites is 4. The molecular weight excluding hydrogens is 705 g/mol. The first-order valence-corrected chi connectivity index (χ1v) is 19.8. The average molecular weight is 743 g/mol. The number of fused-ring (bicyclic) bond motifs is 9. The molecule has 3 nitrogen and oxygen atoms in total. The van der Waals surface area contributed by atoms with Gasteiger partial charge in [-0.3, -0.25) is 0 Å². The van der Waals surface area contributed by atoms with Gasteiger partial charge >= 0.3 is 0 Å². The van der Waals surface area contributed by atoms with Crippen LogP contribution in [0.4, 0.5) is 34.1 Å². The van der Waals surface area contributed by atoms with E-state index in [2.05, 4.69) is 240 Å². The Hall–Kier alpha value is -7.62. The van der Waals surface area contributed by atoms with Crippen molar-refractivity contribution in [1.29, 1.82) is 0 Å². The Bertz CT molecular complexity index is 2820. The van der Waals surface area contributed by atoms with Crippen LogP contribution < -0.4 is 14.5 Å². The molecule has 0 aromatic heterocycles. The highest BCUT2D eigenvalue weighted by molar-refractivity contribution is 5.89. The van der Waals surface area contributed by atoms with E-state index in [4.69, 9.17) is 4.74 Å². The second-order valence-corrected chi connectivity index (χ2v) is 14.9. The standard InChI is InChI=1S/C55H38N2O/c1-4-16-41(17-5-1)56(42-18-6-2-7-19-42)44-32-28-39(29-33-44)40-30-34-45(35-31-40)57(43-20-8-3-9-21-43)46-36-37-52-54(38-46)58-53-27-15-14-26-51(53)55(52)49-24-12-10-22-47(49)48-23-11-13-25-50(48)55/h1-38H. The molecule has 2 aliphatic rings. The van der Waals surface area contributed by atoms with Crippen molar-refractivity contribution >= 4 is 34.1 Å². The van der Waals surface area contributed by atoms with Crippen LogP contribution in [0.1, 0.15) is 22.3 Å². The van der Waals surface area contributed by atoms with Gasteiger partial charge in [0.1, 0.15) is 11.5 Å². The molecule has 0 saturated carbocycles. The highest BCUT2D eigenvalue weighted by Gasteiger charge is 2.51. The van der Waals surface area contributed by atoms with Crippen LogP contribution in [-0.4, -0.2) is 0 Å². The van der Waals surface area contributed by atoms with Crippen molar-refractivity contribution in [2.24, 2.45) is 0 Å². The summed E-state index contributed by atoms with van der Waals surface area (Å²) in [5, 5.41) is 0. The summed E-state index contributed by atoms with van der Waals surface area (Å²) < 4.78 is 6.89. The molecule has 0 atom stereocenters. The molecule has 11 rings (SSSR count). The number of hydrogen-bond acceptors (Lipinski definition) is 3. The highest BCUT2D eigenvalue weighted by Crippen LogP contribution is 2.62. The zero-order valence-corrected chi connectivity index (χ0v) is 31.7. The molecule has 9 aromatic carbocycles. The van der Waals surface area contributed by atoms with E-state index in [0.29, 0.717) is 0 Å². The van der Waals surface area contributed by atoms with E-state index in [-0.39, 0.29) is 0 Å². The first kappa shape index (κ1) is 33.7. The van der Waals surface area contributed by atoms with Gasteiger partial charge in [-0.2, -0.15) is 0 Å². The minimum Gasteiger partial charge on any atom is -0.457 e. The van der Waals surface area contributed by atoms with Gasteiger partial charge < -0.3 is 14.5 Å². The number of hydrogen-bond donors (Lipinski definition) is 0. The van der Waals surface area contributed by atoms with Crippen LogP contribution in [0, 0.1) is 0 Å². The Kier molecular flexibility index (Phi) is 8.04. The molecule has 0 amide bonds. The van der Waals surface area contributed by atoms with Gasteiger partial charge in [0, 0.05) is 51.3 Å². The van der Waals surface area contributed by atoms with Gasteiger partial charge in [-0.05, 0) is 106 Å². The van der Waals surface area contributed by atoms with Crippen molar-refractivity contribution in [3.05, 3.63) is 253 Å². The zero-order chi connectivity index (χ0) is 38.5. The predicted molar refractivity (Wildman–Crippen MR) is 239 cm³/mol. The van der Waals surface area contributed by atoms with Crippen molar-refractivity contribution in [2.45, 2.75) is 5.41 Å². The largest absolute Gasteiger partial charge is 0.457 e. The molecule has 9 aromatic rings. The lowest BCUT2D eigenvalue weighted by Gasteiger charge is -2.40. The van der Waals surface area contributed by atoms with Gasteiger partial charge in [-0.25, -0.2) is 0 Å².